The second kappa shape index (κ2) is 8.32. The summed E-state index contributed by atoms with van der Waals surface area (Å²) in [6.45, 7) is 2.87. The van der Waals surface area contributed by atoms with Gasteiger partial charge in [0.05, 0.1) is 29.9 Å². The Balaban J connectivity index is 1.63. The number of fused-ring (bicyclic) bond motifs is 1. The van der Waals surface area contributed by atoms with Gasteiger partial charge in [0.15, 0.2) is 5.65 Å². The number of halogens is 1. The summed E-state index contributed by atoms with van der Waals surface area (Å²) in [5, 5.41) is 4.23. The number of nitrogen functional groups attached to an aromatic ring is 1. The zero-order chi connectivity index (χ0) is 20.4. The van der Waals surface area contributed by atoms with Gasteiger partial charge in [-0.25, -0.2) is 18.7 Å². The topological polar surface area (TPSA) is 82.7 Å². The standard InChI is InChI=1S/C20H22FN7S/c1-23-10-15-7-14(9-17(21)19(15)22)18-4-3-13-8-16(11-25-20(13)26-18)27(2)29-28-6-5-24-12-28/h3-4,7-11,24H,5-6,12,22H2,1-2H3. The quantitative estimate of drug-likeness (QED) is 0.379. The summed E-state index contributed by atoms with van der Waals surface area (Å²) in [6.07, 6.45) is 3.34. The van der Waals surface area contributed by atoms with E-state index in [9.17, 15) is 4.39 Å². The highest BCUT2D eigenvalue weighted by atomic mass is 32.2. The van der Waals surface area contributed by atoms with E-state index in [0.29, 0.717) is 22.5 Å². The number of rotatable bonds is 5. The molecule has 1 aliphatic heterocycles. The van der Waals surface area contributed by atoms with Gasteiger partial charge in [-0.05, 0) is 30.3 Å². The largest absolute Gasteiger partial charge is 0.396 e. The van der Waals surface area contributed by atoms with Crippen molar-refractivity contribution in [2.75, 3.05) is 43.9 Å². The Morgan fingerprint density at radius 2 is 2.21 bits per heavy atom. The van der Waals surface area contributed by atoms with Crippen molar-refractivity contribution in [2.45, 2.75) is 0 Å². The molecule has 1 aliphatic rings. The maximum Gasteiger partial charge on any atom is 0.159 e. The number of aliphatic imine (C=N–C) groups is 1. The van der Waals surface area contributed by atoms with Gasteiger partial charge in [0.1, 0.15) is 5.82 Å². The predicted octanol–water partition coefficient (Wildman–Crippen LogP) is 2.93. The Bertz CT molecular complexity index is 1070. The molecule has 0 saturated carbocycles. The summed E-state index contributed by atoms with van der Waals surface area (Å²) in [7, 11) is 3.64. The Morgan fingerprint density at radius 3 is 2.97 bits per heavy atom. The fourth-order valence-electron chi connectivity index (χ4n) is 3.14. The first-order valence-corrected chi connectivity index (χ1v) is 9.94. The van der Waals surface area contributed by atoms with Crippen LogP contribution < -0.4 is 15.4 Å². The summed E-state index contributed by atoms with van der Waals surface area (Å²) < 4.78 is 18.6. The third kappa shape index (κ3) is 4.16. The molecule has 150 valence electrons. The van der Waals surface area contributed by atoms with Crippen molar-refractivity contribution < 1.29 is 4.39 Å². The predicted molar refractivity (Wildman–Crippen MR) is 118 cm³/mol. The highest BCUT2D eigenvalue weighted by Gasteiger charge is 2.15. The van der Waals surface area contributed by atoms with E-state index in [1.807, 2.05) is 25.2 Å². The minimum atomic E-state index is -0.488. The van der Waals surface area contributed by atoms with Crippen LogP contribution in [0.25, 0.3) is 22.3 Å². The summed E-state index contributed by atoms with van der Waals surface area (Å²) in [5.74, 6) is -0.488. The van der Waals surface area contributed by atoms with Gasteiger partial charge in [0, 0.05) is 62.0 Å². The van der Waals surface area contributed by atoms with E-state index in [-0.39, 0.29) is 5.69 Å². The molecule has 0 amide bonds. The molecule has 0 spiro atoms. The van der Waals surface area contributed by atoms with E-state index >= 15 is 0 Å². The Kier molecular flexibility index (Phi) is 5.61. The molecule has 0 bridgehead atoms. The fraction of sp³-hybridized carbons (Fsp3) is 0.250. The first kappa shape index (κ1) is 19.6. The SMILES string of the molecule is CN=Cc1cc(-c2ccc3cc(N(C)SN4CCNC4)cnc3n2)cc(F)c1N. The van der Waals surface area contributed by atoms with Crippen LogP contribution in [0.1, 0.15) is 5.56 Å². The normalized spacial score (nSPS) is 14.9. The number of anilines is 2. The van der Waals surface area contributed by atoms with Gasteiger partial charge in [0.2, 0.25) is 0 Å². The van der Waals surface area contributed by atoms with E-state index in [1.165, 1.54) is 12.3 Å². The Hall–Kier alpha value is -2.75. The lowest BCUT2D eigenvalue weighted by Crippen LogP contribution is -2.21. The van der Waals surface area contributed by atoms with Crippen LogP contribution in [0, 0.1) is 5.82 Å². The third-order valence-electron chi connectivity index (χ3n) is 4.68. The average Bonchev–Trinajstić information content (AvgIpc) is 3.23. The van der Waals surface area contributed by atoms with Crippen molar-refractivity contribution in [2.24, 2.45) is 4.99 Å². The molecule has 1 fully saturated rings. The number of hydrogen-bond acceptors (Lipinski definition) is 8. The van der Waals surface area contributed by atoms with Crippen molar-refractivity contribution in [1.82, 2.24) is 19.6 Å². The highest BCUT2D eigenvalue weighted by Crippen LogP contribution is 2.29. The van der Waals surface area contributed by atoms with Crippen LogP contribution >= 0.6 is 12.1 Å². The number of nitrogens with one attached hydrogen (secondary N) is 1. The molecule has 3 N–H and O–H groups in total. The smallest absolute Gasteiger partial charge is 0.159 e. The van der Waals surface area contributed by atoms with Crippen molar-refractivity contribution in [3.8, 4) is 11.3 Å². The molecule has 0 radical (unpaired) electrons. The number of nitrogens with zero attached hydrogens (tertiary/aromatic N) is 5. The first-order valence-electron chi connectivity index (χ1n) is 9.21. The van der Waals surface area contributed by atoms with Gasteiger partial charge < -0.3 is 15.4 Å². The summed E-state index contributed by atoms with van der Waals surface area (Å²) >= 11 is 1.66. The average molecular weight is 412 g/mol. The minimum Gasteiger partial charge on any atom is -0.396 e. The van der Waals surface area contributed by atoms with Crippen LogP contribution in [0.5, 0.6) is 0 Å². The molecular weight excluding hydrogens is 389 g/mol. The van der Waals surface area contributed by atoms with Crippen LogP contribution in [0.3, 0.4) is 0 Å². The number of aromatic nitrogens is 2. The van der Waals surface area contributed by atoms with Crippen molar-refractivity contribution >= 4 is 40.8 Å². The van der Waals surface area contributed by atoms with Crippen molar-refractivity contribution in [3.05, 3.63) is 47.9 Å². The second-order valence-corrected chi connectivity index (χ2v) is 7.96. The summed E-state index contributed by atoms with van der Waals surface area (Å²) in [4.78, 5) is 13.1. The second-order valence-electron chi connectivity index (χ2n) is 6.73. The van der Waals surface area contributed by atoms with E-state index in [4.69, 9.17) is 5.73 Å². The molecule has 0 unspecified atom stereocenters. The molecule has 3 heterocycles. The zero-order valence-corrected chi connectivity index (χ0v) is 17.1. The third-order valence-corrected chi connectivity index (χ3v) is 5.68. The molecule has 0 aliphatic carbocycles. The van der Waals surface area contributed by atoms with E-state index in [0.717, 1.165) is 30.8 Å². The molecule has 7 nitrogen and oxygen atoms in total. The number of hydrogen-bond donors (Lipinski definition) is 2. The van der Waals surface area contributed by atoms with Crippen molar-refractivity contribution in [1.29, 1.82) is 0 Å². The lowest BCUT2D eigenvalue weighted by molar-refractivity contribution is 0.575. The Morgan fingerprint density at radius 1 is 1.34 bits per heavy atom. The lowest BCUT2D eigenvalue weighted by atomic mass is 10.1. The molecule has 9 heteroatoms. The van der Waals surface area contributed by atoms with Gasteiger partial charge in [-0.2, -0.15) is 0 Å². The van der Waals surface area contributed by atoms with Gasteiger partial charge in [-0.3, -0.25) is 4.99 Å². The molecule has 3 aromatic rings. The summed E-state index contributed by atoms with van der Waals surface area (Å²) in [6, 6.07) is 9.03. The van der Waals surface area contributed by atoms with Crippen LogP contribution in [0.4, 0.5) is 15.8 Å². The lowest BCUT2D eigenvalue weighted by Gasteiger charge is -2.22. The van der Waals surface area contributed by atoms with Crippen LogP contribution in [0.15, 0.2) is 41.5 Å². The number of pyridine rings is 2. The molecule has 29 heavy (non-hydrogen) atoms. The van der Waals surface area contributed by atoms with E-state index in [1.54, 1.807) is 31.4 Å². The van der Waals surface area contributed by atoms with Gasteiger partial charge >= 0.3 is 0 Å². The van der Waals surface area contributed by atoms with E-state index < -0.39 is 5.82 Å². The maximum absolute atomic E-state index is 14.2. The molecular formula is C20H22FN7S. The molecule has 4 rings (SSSR count). The van der Waals surface area contributed by atoms with Crippen LogP contribution in [0.2, 0.25) is 0 Å². The van der Waals surface area contributed by atoms with Crippen LogP contribution in [-0.4, -0.2) is 54.3 Å². The molecule has 2 aromatic heterocycles. The van der Waals surface area contributed by atoms with Gasteiger partial charge in [-0.1, -0.05) is 0 Å². The zero-order valence-electron chi connectivity index (χ0n) is 16.3. The molecule has 1 aromatic carbocycles. The molecule has 0 atom stereocenters. The Labute approximate surface area is 173 Å². The first-order chi connectivity index (χ1) is 14.0. The van der Waals surface area contributed by atoms with Gasteiger partial charge in [-0.15, -0.1) is 0 Å². The van der Waals surface area contributed by atoms with Crippen LogP contribution in [-0.2, 0) is 0 Å². The highest BCUT2D eigenvalue weighted by molar-refractivity contribution is 7.98. The fourth-order valence-corrected chi connectivity index (χ4v) is 4.00. The minimum absolute atomic E-state index is 0.0802. The number of nitrogens with two attached hydrogens (primary N) is 1. The maximum atomic E-state index is 14.2. The monoisotopic (exact) mass is 411 g/mol. The van der Waals surface area contributed by atoms with Gasteiger partial charge in [0.25, 0.3) is 0 Å². The summed E-state index contributed by atoms with van der Waals surface area (Å²) in [5.41, 5.74) is 9.27. The van der Waals surface area contributed by atoms with Crippen molar-refractivity contribution in [3.63, 3.8) is 0 Å². The number of benzene rings is 1. The molecule has 1 saturated heterocycles. The van der Waals surface area contributed by atoms with E-state index in [2.05, 4.69) is 28.9 Å².